The van der Waals surface area contributed by atoms with Crippen LogP contribution in [0.2, 0.25) is 5.02 Å². The molecule has 0 saturated carbocycles. The molecule has 6 heteroatoms. The maximum Gasteiger partial charge on any atom is 0.352 e. The molecule has 0 radical (unpaired) electrons. The van der Waals surface area contributed by atoms with Crippen LogP contribution in [-0.2, 0) is 19.6 Å². The molecule has 0 spiro atoms. The molecule has 31 heavy (non-hydrogen) atoms. The Bertz CT molecular complexity index is 1270. The second-order valence-electron chi connectivity index (χ2n) is 7.56. The van der Waals surface area contributed by atoms with Crippen LogP contribution in [0.5, 0.6) is 0 Å². The lowest BCUT2D eigenvalue weighted by molar-refractivity contribution is 0.0684. The molecule has 1 heterocycles. The number of aromatic nitrogens is 1. The average Bonchev–Trinajstić information content (AvgIpc) is 3.02. The Hall–Kier alpha value is -3.15. The maximum absolute atomic E-state index is 14.3. The molecule has 0 fully saturated rings. The number of rotatable bonds is 7. The third-order valence-electron chi connectivity index (χ3n) is 5.33. The molecule has 4 nitrogen and oxygen atoms in total. The van der Waals surface area contributed by atoms with Gasteiger partial charge in [0.1, 0.15) is 11.5 Å². The number of carbonyl (C=O) groups is 1. The Balaban J connectivity index is 1.74. The highest BCUT2D eigenvalue weighted by atomic mass is 35.5. The van der Waals surface area contributed by atoms with Crippen molar-refractivity contribution in [2.45, 2.75) is 26.6 Å². The van der Waals surface area contributed by atoms with E-state index < -0.39 is 5.97 Å². The van der Waals surface area contributed by atoms with Gasteiger partial charge < -0.3 is 15.0 Å². The Morgan fingerprint density at radius 1 is 1.06 bits per heavy atom. The zero-order valence-electron chi connectivity index (χ0n) is 17.0. The minimum atomic E-state index is -1.04. The molecule has 4 rings (SSSR count). The fourth-order valence-electron chi connectivity index (χ4n) is 3.89. The zero-order valence-corrected chi connectivity index (χ0v) is 17.8. The maximum atomic E-state index is 14.3. The standard InChI is InChI=1S/C25H22ClFN2O2/c1-16-9-10-20-21(14-28-13-17-5-4-7-19(26)12-17)24(25(30)31)29(23(20)11-16)15-18-6-2-3-8-22(18)27/h2-12,28H,13-15H2,1H3,(H,30,31). The molecule has 0 aliphatic rings. The first-order valence-electron chi connectivity index (χ1n) is 9.97. The van der Waals surface area contributed by atoms with Crippen molar-refractivity contribution < 1.29 is 14.3 Å². The molecule has 4 aromatic rings. The summed E-state index contributed by atoms with van der Waals surface area (Å²) >= 11 is 6.05. The molecule has 2 N–H and O–H groups in total. The number of aromatic carboxylic acids is 1. The second kappa shape index (κ2) is 8.92. The number of halogens is 2. The van der Waals surface area contributed by atoms with Crippen LogP contribution >= 0.6 is 11.6 Å². The number of fused-ring (bicyclic) bond motifs is 1. The smallest absolute Gasteiger partial charge is 0.352 e. The summed E-state index contributed by atoms with van der Waals surface area (Å²) < 4.78 is 16.0. The van der Waals surface area contributed by atoms with E-state index in [9.17, 15) is 14.3 Å². The van der Waals surface area contributed by atoms with Crippen LogP contribution < -0.4 is 5.32 Å². The van der Waals surface area contributed by atoms with Crippen molar-refractivity contribution in [2.24, 2.45) is 0 Å². The minimum absolute atomic E-state index is 0.141. The van der Waals surface area contributed by atoms with Gasteiger partial charge in [-0.05, 0) is 42.3 Å². The average molecular weight is 437 g/mol. The largest absolute Gasteiger partial charge is 0.477 e. The molecular formula is C25H22ClFN2O2. The van der Waals surface area contributed by atoms with Crippen molar-refractivity contribution >= 4 is 28.5 Å². The van der Waals surface area contributed by atoms with Gasteiger partial charge in [0.25, 0.3) is 0 Å². The summed E-state index contributed by atoms with van der Waals surface area (Å²) in [5.74, 6) is -1.39. The SMILES string of the molecule is Cc1ccc2c(CNCc3cccc(Cl)c3)c(C(=O)O)n(Cc3ccccc3F)c2c1. The molecule has 0 amide bonds. The third kappa shape index (κ3) is 4.48. The number of hydrogen-bond donors (Lipinski definition) is 2. The molecular weight excluding hydrogens is 415 g/mol. The monoisotopic (exact) mass is 436 g/mol. The van der Waals surface area contributed by atoms with E-state index in [1.54, 1.807) is 22.8 Å². The van der Waals surface area contributed by atoms with Crippen molar-refractivity contribution in [2.75, 3.05) is 0 Å². The summed E-state index contributed by atoms with van der Waals surface area (Å²) in [5.41, 5.74) is 4.09. The van der Waals surface area contributed by atoms with Gasteiger partial charge in [-0.2, -0.15) is 0 Å². The van der Waals surface area contributed by atoms with E-state index in [-0.39, 0.29) is 18.1 Å². The van der Waals surface area contributed by atoms with Crippen molar-refractivity contribution in [3.05, 3.63) is 106 Å². The molecule has 0 bridgehead atoms. The number of aryl methyl sites for hydroxylation is 1. The van der Waals surface area contributed by atoms with Gasteiger partial charge >= 0.3 is 5.97 Å². The highest BCUT2D eigenvalue weighted by Crippen LogP contribution is 2.29. The van der Waals surface area contributed by atoms with E-state index in [1.165, 1.54) is 6.07 Å². The predicted octanol–water partition coefficient (Wildman–Crippen LogP) is 5.78. The Kier molecular flexibility index (Phi) is 6.07. The van der Waals surface area contributed by atoms with E-state index in [1.807, 2.05) is 49.4 Å². The summed E-state index contributed by atoms with van der Waals surface area (Å²) in [7, 11) is 0. The number of hydrogen-bond acceptors (Lipinski definition) is 2. The van der Waals surface area contributed by atoms with Gasteiger partial charge in [-0.15, -0.1) is 0 Å². The van der Waals surface area contributed by atoms with Crippen LogP contribution in [0.3, 0.4) is 0 Å². The number of benzene rings is 3. The first kappa shape index (κ1) is 21.1. The first-order chi connectivity index (χ1) is 14.9. The van der Waals surface area contributed by atoms with Gasteiger partial charge in [0.2, 0.25) is 0 Å². The van der Waals surface area contributed by atoms with Crippen LogP contribution in [0.25, 0.3) is 10.9 Å². The Labute approximate surface area is 184 Å². The number of carboxylic acid groups (broad SMARTS) is 1. The molecule has 0 aliphatic heterocycles. The fourth-order valence-corrected chi connectivity index (χ4v) is 4.11. The second-order valence-corrected chi connectivity index (χ2v) is 8.00. The summed E-state index contributed by atoms with van der Waals surface area (Å²) in [6.45, 7) is 3.00. The highest BCUT2D eigenvalue weighted by molar-refractivity contribution is 6.30. The van der Waals surface area contributed by atoms with Gasteiger partial charge in [0, 0.05) is 40.1 Å². The summed E-state index contributed by atoms with van der Waals surface area (Å²) in [6.07, 6.45) is 0. The third-order valence-corrected chi connectivity index (χ3v) is 5.57. The van der Waals surface area contributed by atoms with E-state index in [4.69, 9.17) is 11.6 Å². The molecule has 158 valence electrons. The number of nitrogens with one attached hydrogen (secondary N) is 1. The molecule has 0 unspecified atom stereocenters. The zero-order chi connectivity index (χ0) is 22.0. The molecule has 0 aliphatic carbocycles. The summed E-state index contributed by atoms with van der Waals surface area (Å²) in [6, 6.07) is 19.8. The minimum Gasteiger partial charge on any atom is -0.477 e. The van der Waals surface area contributed by atoms with E-state index in [2.05, 4.69) is 5.32 Å². The molecule has 0 atom stereocenters. The highest BCUT2D eigenvalue weighted by Gasteiger charge is 2.23. The van der Waals surface area contributed by atoms with Gasteiger partial charge in [0.15, 0.2) is 0 Å². The molecule has 3 aromatic carbocycles. The van der Waals surface area contributed by atoms with Crippen LogP contribution in [0.4, 0.5) is 4.39 Å². The van der Waals surface area contributed by atoms with Gasteiger partial charge in [0.05, 0.1) is 6.54 Å². The summed E-state index contributed by atoms with van der Waals surface area (Å²) in [4.78, 5) is 12.3. The first-order valence-corrected chi connectivity index (χ1v) is 10.4. The normalized spacial score (nSPS) is 11.2. The lowest BCUT2D eigenvalue weighted by atomic mass is 10.1. The Morgan fingerprint density at radius 3 is 2.61 bits per heavy atom. The number of carboxylic acids is 1. The molecule has 0 saturated heterocycles. The predicted molar refractivity (Wildman–Crippen MR) is 121 cm³/mol. The molecule has 1 aromatic heterocycles. The topological polar surface area (TPSA) is 54.3 Å². The van der Waals surface area contributed by atoms with Crippen molar-refractivity contribution in [1.82, 2.24) is 9.88 Å². The Morgan fingerprint density at radius 2 is 1.87 bits per heavy atom. The lowest BCUT2D eigenvalue weighted by Crippen LogP contribution is -2.17. The quantitative estimate of drug-likeness (QED) is 0.386. The van der Waals surface area contributed by atoms with Crippen molar-refractivity contribution in [1.29, 1.82) is 0 Å². The van der Waals surface area contributed by atoms with Crippen molar-refractivity contribution in [3.63, 3.8) is 0 Å². The fraction of sp³-hybridized carbons (Fsp3) is 0.160. The van der Waals surface area contributed by atoms with Crippen LogP contribution in [0.15, 0.2) is 66.7 Å². The van der Waals surface area contributed by atoms with Gasteiger partial charge in [-0.25, -0.2) is 9.18 Å². The van der Waals surface area contributed by atoms with Gasteiger partial charge in [-0.3, -0.25) is 0 Å². The van der Waals surface area contributed by atoms with E-state index in [0.717, 1.165) is 22.0 Å². The van der Waals surface area contributed by atoms with Crippen LogP contribution in [0, 0.1) is 12.7 Å². The van der Waals surface area contributed by atoms with E-state index in [0.29, 0.717) is 29.2 Å². The number of nitrogens with zero attached hydrogens (tertiary/aromatic N) is 1. The van der Waals surface area contributed by atoms with Crippen LogP contribution in [-0.4, -0.2) is 15.6 Å². The van der Waals surface area contributed by atoms with E-state index >= 15 is 0 Å². The summed E-state index contributed by atoms with van der Waals surface area (Å²) in [5, 5.41) is 14.9. The van der Waals surface area contributed by atoms with Gasteiger partial charge in [-0.1, -0.05) is 54.1 Å². The van der Waals surface area contributed by atoms with Crippen molar-refractivity contribution in [3.8, 4) is 0 Å². The lowest BCUT2D eigenvalue weighted by Gasteiger charge is -2.11. The van der Waals surface area contributed by atoms with Crippen LogP contribution in [0.1, 0.15) is 32.7 Å².